The Hall–Kier alpha value is -0.850. The quantitative estimate of drug-likeness (QED) is 0.0676. The summed E-state index contributed by atoms with van der Waals surface area (Å²) in [6, 6.07) is 0. The highest BCUT2D eigenvalue weighted by Crippen LogP contribution is 2.15. The van der Waals surface area contributed by atoms with Crippen LogP contribution in [0.4, 0.5) is 0 Å². The fourth-order valence-corrected chi connectivity index (χ4v) is 4.50. The largest absolute Gasteiger partial charge is 0.303 e. The molecule has 1 unspecified atom stereocenters. The molecule has 0 bridgehead atoms. The lowest BCUT2D eigenvalue weighted by molar-refractivity contribution is -0.110. The van der Waals surface area contributed by atoms with Gasteiger partial charge in [0, 0.05) is 5.92 Å². The maximum atomic E-state index is 11.3. The van der Waals surface area contributed by atoms with Gasteiger partial charge < -0.3 is 4.79 Å². The highest BCUT2D eigenvalue weighted by atomic mass is 16.1. The Balaban J connectivity index is 3.41. The van der Waals surface area contributed by atoms with Crippen LogP contribution >= 0.6 is 0 Å². The number of aldehydes is 1. The Morgan fingerprint density at radius 3 is 1.27 bits per heavy atom. The van der Waals surface area contributed by atoms with Gasteiger partial charge in [-0.3, -0.25) is 0 Å². The summed E-state index contributed by atoms with van der Waals surface area (Å²) < 4.78 is 0. The molecule has 0 aromatic heterocycles. The van der Waals surface area contributed by atoms with E-state index in [2.05, 4.69) is 38.2 Å². The number of carbonyl (C=O) groups excluding carboxylic acids is 1. The maximum Gasteiger partial charge on any atom is 0.126 e. The van der Waals surface area contributed by atoms with Gasteiger partial charge in [0.1, 0.15) is 6.29 Å². The van der Waals surface area contributed by atoms with E-state index in [1.54, 1.807) is 0 Å². The summed E-state index contributed by atoms with van der Waals surface area (Å²) in [5, 5.41) is 0. The first-order valence-electron chi connectivity index (χ1n) is 15.1. The van der Waals surface area contributed by atoms with Gasteiger partial charge in [0.15, 0.2) is 0 Å². The standard InChI is InChI=1S/C32H60O/c1-3-5-7-9-11-13-15-17-18-20-22-24-26-28-30-32(31-33)29-27-25-23-21-19-16-14-12-10-8-6-4-2/h14,16,28,30-32H,3-13,15,17-27,29H2,1-2H3. The molecule has 0 fully saturated rings. The van der Waals surface area contributed by atoms with Crippen LogP contribution in [0, 0.1) is 5.92 Å². The van der Waals surface area contributed by atoms with Crippen LogP contribution in [-0.4, -0.2) is 6.29 Å². The molecule has 194 valence electrons. The molecular formula is C32H60O. The van der Waals surface area contributed by atoms with Crippen molar-refractivity contribution in [3.63, 3.8) is 0 Å². The van der Waals surface area contributed by atoms with Crippen molar-refractivity contribution < 1.29 is 4.79 Å². The summed E-state index contributed by atoms with van der Waals surface area (Å²) in [5.41, 5.74) is 0. The van der Waals surface area contributed by atoms with Crippen molar-refractivity contribution in [1.29, 1.82) is 0 Å². The first kappa shape index (κ1) is 32.1. The molecule has 1 nitrogen and oxygen atoms in total. The maximum absolute atomic E-state index is 11.3. The van der Waals surface area contributed by atoms with Gasteiger partial charge in [-0.2, -0.15) is 0 Å². The zero-order valence-corrected chi connectivity index (χ0v) is 22.8. The van der Waals surface area contributed by atoms with Crippen LogP contribution in [0.1, 0.15) is 168 Å². The van der Waals surface area contributed by atoms with Crippen LogP contribution in [-0.2, 0) is 4.79 Å². The molecule has 0 saturated carbocycles. The van der Waals surface area contributed by atoms with Crippen molar-refractivity contribution in [3.05, 3.63) is 24.3 Å². The molecule has 0 radical (unpaired) electrons. The molecule has 0 aliphatic heterocycles. The molecule has 0 amide bonds. The summed E-state index contributed by atoms with van der Waals surface area (Å²) in [4.78, 5) is 11.3. The predicted octanol–water partition coefficient (Wildman–Crippen LogP) is 11.3. The third-order valence-electron chi connectivity index (χ3n) is 6.83. The van der Waals surface area contributed by atoms with Gasteiger partial charge in [0.25, 0.3) is 0 Å². The summed E-state index contributed by atoms with van der Waals surface area (Å²) in [5.74, 6) is 0.144. The van der Waals surface area contributed by atoms with E-state index < -0.39 is 0 Å². The first-order chi connectivity index (χ1) is 16.3. The molecule has 0 aliphatic carbocycles. The summed E-state index contributed by atoms with van der Waals surface area (Å²) in [6.45, 7) is 4.55. The van der Waals surface area contributed by atoms with Gasteiger partial charge in [-0.1, -0.05) is 147 Å². The number of unbranched alkanes of at least 4 members (excludes halogenated alkanes) is 20. The van der Waals surface area contributed by atoms with Crippen molar-refractivity contribution in [2.45, 2.75) is 168 Å². The van der Waals surface area contributed by atoms with Crippen LogP contribution < -0.4 is 0 Å². The number of hydrogen-bond donors (Lipinski definition) is 0. The van der Waals surface area contributed by atoms with Crippen LogP contribution in [0.3, 0.4) is 0 Å². The number of allylic oxidation sites excluding steroid dienone is 4. The molecule has 0 aliphatic rings. The highest BCUT2D eigenvalue weighted by Gasteiger charge is 2.02. The van der Waals surface area contributed by atoms with Gasteiger partial charge in [0.2, 0.25) is 0 Å². The Bertz CT molecular complexity index is 422. The van der Waals surface area contributed by atoms with Crippen molar-refractivity contribution in [3.8, 4) is 0 Å². The zero-order valence-electron chi connectivity index (χ0n) is 22.8. The predicted molar refractivity (Wildman–Crippen MR) is 150 cm³/mol. The smallest absolute Gasteiger partial charge is 0.126 e. The highest BCUT2D eigenvalue weighted by molar-refractivity contribution is 5.56. The van der Waals surface area contributed by atoms with Crippen molar-refractivity contribution in [2.75, 3.05) is 0 Å². The zero-order chi connectivity index (χ0) is 24.1. The minimum atomic E-state index is 0.144. The van der Waals surface area contributed by atoms with Gasteiger partial charge in [0.05, 0.1) is 0 Å². The van der Waals surface area contributed by atoms with E-state index in [1.807, 2.05) is 0 Å². The molecule has 0 saturated heterocycles. The lowest BCUT2D eigenvalue weighted by Gasteiger charge is -2.05. The third-order valence-corrected chi connectivity index (χ3v) is 6.83. The summed E-state index contributed by atoms with van der Waals surface area (Å²) in [7, 11) is 0. The number of carbonyl (C=O) groups is 1. The van der Waals surface area contributed by atoms with Crippen LogP contribution in [0.15, 0.2) is 24.3 Å². The monoisotopic (exact) mass is 460 g/mol. The average molecular weight is 461 g/mol. The molecule has 0 aromatic rings. The van der Waals surface area contributed by atoms with Gasteiger partial charge in [-0.15, -0.1) is 0 Å². The first-order valence-corrected chi connectivity index (χ1v) is 15.1. The molecule has 0 aromatic carbocycles. The summed E-state index contributed by atoms with van der Waals surface area (Å²) >= 11 is 0. The molecule has 0 rings (SSSR count). The second kappa shape index (κ2) is 29.2. The van der Waals surface area contributed by atoms with E-state index in [4.69, 9.17) is 0 Å². The third kappa shape index (κ3) is 27.3. The van der Waals surface area contributed by atoms with Gasteiger partial charge in [-0.05, 0) is 44.9 Å². The van der Waals surface area contributed by atoms with E-state index in [9.17, 15) is 4.79 Å². The SMILES string of the molecule is CCCCCCC=CCCCCCCC(C=O)C=CCCCCCCCCCCCCCC. The lowest BCUT2D eigenvalue weighted by Crippen LogP contribution is -1.97. The van der Waals surface area contributed by atoms with Crippen molar-refractivity contribution >= 4 is 6.29 Å². The molecule has 1 heteroatoms. The molecule has 0 spiro atoms. The fraction of sp³-hybridized carbons (Fsp3) is 0.844. The number of rotatable bonds is 27. The second-order valence-corrected chi connectivity index (χ2v) is 10.2. The minimum Gasteiger partial charge on any atom is -0.303 e. The molecule has 0 N–H and O–H groups in total. The van der Waals surface area contributed by atoms with E-state index >= 15 is 0 Å². The summed E-state index contributed by atoms with van der Waals surface area (Å²) in [6.07, 6.45) is 42.3. The molecule has 1 atom stereocenters. The normalized spacial score (nSPS) is 12.8. The van der Waals surface area contributed by atoms with E-state index in [0.29, 0.717) is 0 Å². The Morgan fingerprint density at radius 1 is 0.455 bits per heavy atom. The second-order valence-electron chi connectivity index (χ2n) is 10.2. The molecule has 0 heterocycles. The van der Waals surface area contributed by atoms with E-state index in [-0.39, 0.29) is 5.92 Å². The lowest BCUT2D eigenvalue weighted by atomic mass is 10.00. The average Bonchev–Trinajstić information content (AvgIpc) is 2.83. The Morgan fingerprint density at radius 2 is 0.818 bits per heavy atom. The van der Waals surface area contributed by atoms with Crippen molar-refractivity contribution in [1.82, 2.24) is 0 Å². The Labute approximate surface area is 209 Å². The fourth-order valence-electron chi connectivity index (χ4n) is 4.50. The van der Waals surface area contributed by atoms with Crippen LogP contribution in [0.5, 0.6) is 0 Å². The van der Waals surface area contributed by atoms with Gasteiger partial charge in [-0.25, -0.2) is 0 Å². The van der Waals surface area contributed by atoms with Crippen LogP contribution in [0.2, 0.25) is 0 Å². The number of hydrogen-bond acceptors (Lipinski definition) is 1. The molecular weight excluding hydrogens is 400 g/mol. The Kier molecular flexibility index (Phi) is 28.4. The van der Waals surface area contributed by atoms with Crippen molar-refractivity contribution in [2.24, 2.45) is 5.92 Å². The topological polar surface area (TPSA) is 17.1 Å². The van der Waals surface area contributed by atoms with E-state index in [1.165, 1.54) is 141 Å². The van der Waals surface area contributed by atoms with E-state index in [0.717, 1.165) is 19.1 Å². The minimum absolute atomic E-state index is 0.144. The van der Waals surface area contributed by atoms with Gasteiger partial charge >= 0.3 is 0 Å². The van der Waals surface area contributed by atoms with Crippen LogP contribution in [0.25, 0.3) is 0 Å². The molecule has 33 heavy (non-hydrogen) atoms.